The molecule has 0 bridgehead atoms. The second-order valence-corrected chi connectivity index (χ2v) is 3.34. The summed E-state index contributed by atoms with van der Waals surface area (Å²) in [4.78, 5) is 25.5. The van der Waals surface area contributed by atoms with Crippen molar-refractivity contribution in [2.24, 2.45) is 11.0 Å². The molecule has 16 heavy (non-hydrogen) atoms. The number of carbonyl (C=O) groups is 2. The number of ether oxygens (including phenoxy) is 2. The summed E-state index contributed by atoms with van der Waals surface area (Å²) in [7, 11) is 0. The highest BCUT2D eigenvalue weighted by Gasteiger charge is 2.65. The van der Waals surface area contributed by atoms with Crippen molar-refractivity contribution in [3.63, 3.8) is 0 Å². The average Bonchev–Trinajstić information content (AvgIpc) is 2.95. The SMILES string of the molecule is CCOC(=O)[C@@H]1C[C@]1(N=[N+]=[N-])C(=O)OCC. The van der Waals surface area contributed by atoms with E-state index in [1.807, 2.05) is 0 Å². The standard InChI is InChI=1S/C9H13N3O4/c1-3-15-7(13)6-5-9(6,11-12-10)8(14)16-4-2/h6H,3-5H2,1-2H3/t6-,9+/m0/s1. The van der Waals surface area contributed by atoms with Gasteiger partial charge in [-0.25, -0.2) is 0 Å². The molecule has 7 heteroatoms. The van der Waals surface area contributed by atoms with Crippen molar-refractivity contribution < 1.29 is 19.1 Å². The quantitative estimate of drug-likeness (QED) is 0.304. The Labute approximate surface area is 92.3 Å². The van der Waals surface area contributed by atoms with Gasteiger partial charge < -0.3 is 9.47 Å². The second-order valence-electron chi connectivity index (χ2n) is 3.34. The van der Waals surface area contributed by atoms with E-state index in [-0.39, 0.29) is 19.6 Å². The van der Waals surface area contributed by atoms with Crippen molar-refractivity contribution in [2.75, 3.05) is 13.2 Å². The Morgan fingerprint density at radius 2 is 2.06 bits per heavy atom. The van der Waals surface area contributed by atoms with Crippen molar-refractivity contribution in [2.45, 2.75) is 25.8 Å². The first-order valence-electron chi connectivity index (χ1n) is 5.02. The van der Waals surface area contributed by atoms with Crippen LogP contribution in [0.4, 0.5) is 0 Å². The first-order chi connectivity index (χ1) is 7.62. The fourth-order valence-corrected chi connectivity index (χ4v) is 1.49. The first kappa shape index (κ1) is 12.3. The molecule has 1 aliphatic rings. The molecule has 2 atom stereocenters. The van der Waals surface area contributed by atoms with Crippen molar-refractivity contribution >= 4 is 11.9 Å². The molecule has 0 spiro atoms. The van der Waals surface area contributed by atoms with Gasteiger partial charge in [0.05, 0.1) is 19.1 Å². The number of carbonyl (C=O) groups excluding carboxylic acids is 2. The Bertz CT molecular complexity index is 351. The minimum absolute atomic E-state index is 0.161. The maximum Gasteiger partial charge on any atom is 0.318 e. The predicted octanol–water partition coefficient (Wildman–Crippen LogP) is 1.18. The molecule has 0 saturated heterocycles. The zero-order valence-corrected chi connectivity index (χ0v) is 9.17. The van der Waals surface area contributed by atoms with Crippen molar-refractivity contribution in [1.29, 1.82) is 0 Å². The molecule has 0 aromatic carbocycles. The number of hydrogen-bond donors (Lipinski definition) is 0. The zero-order valence-electron chi connectivity index (χ0n) is 9.17. The second kappa shape index (κ2) is 4.85. The van der Waals surface area contributed by atoms with Gasteiger partial charge in [-0.1, -0.05) is 5.11 Å². The van der Waals surface area contributed by atoms with E-state index in [2.05, 4.69) is 10.0 Å². The van der Waals surface area contributed by atoms with Crippen LogP contribution in [-0.4, -0.2) is 30.7 Å². The monoisotopic (exact) mass is 227 g/mol. The van der Waals surface area contributed by atoms with Crippen LogP contribution in [0.2, 0.25) is 0 Å². The zero-order chi connectivity index (χ0) is 12.2. The average molecular weight is 227 g/mol. The van der Waals surface area contributed by atoms with Crippen LogP contribution in [0.1, 0.15) is 20.3 Å². The van der Waals surface area contributed by atoms with Crippen LogP contribution in [0, 0.1) is 5.92 Å². The Balaban J connectivity index is 2.77. The minimum Gasteiger partial charge on any atom is -0.466 e. The maximum atomic E-state index is 11.5. The minimum atomic E-state index is -1.38. The Morgan fingerprint density at radius 3 is 2.56 bits per heavy atom. The lowest BCUT2D eigenvalue weighted by Gasteiger charge is -2.09. The van der Waals surface area contributed by atoms with Gasteiger partial charge in [-0.3, -0.25) is 9.59 Å². The summed E-state index contributed by atoms with van der Waals surface area (Å²) in [6, 6.07) is 0. The van der Waals surface area contributed by atoms with Crippen LogP contribution < -0.4 is 0 Å². The molecular formula is C9H13N3O4. The Morgan fingerprint density at radius 1 is 1.44 bits per heavy atom. The number of nitrogens with zero attached hydrogens (tertiary/aromatic N) is 3. The lowest BCUT2D eigenvalue weighted by atomic mass is 10.2. The maximum absolute atomic E-state index is 11.5. The molecular weight excluding hydrogens is 214 g/mol. The molecule has 0 N–H and O–H groups in total. The van der Waals surface area contributed by atoms with Gasteiger partial charge in [0.25, 0.3) is 0 Å². The summed E-state index contributed by atoms with van der Waals surface area (Å²) in [6.07, 6.45) is 0.161. The number of rotatable bonds is 5. The molecule has 0 aliphatic heterocycles. The van der Waals surface area contributed by atoms with Crippen molar-refractivity contribution in [1.82, 2.24) is 0 Å². The van der Waals surface area contributed by atoms with E-state index in [1.54, 1.807) is 13.8 Å². The molecule has 0 unspecified atom stereocenters. The Kier molecular flexibility index (Phi) is 3.73. The van der Waals surface area contributed by atoms with Gasteiger partial charge in [-0.15, -0.1) is 0 Å². The lowest BCUT2D eigenvalue weighted by Crippen LogP contribution is -2.28. The predicted molar refractivity (Wildman–Crippen MR) is 53.3 cm³/mol. The van der Waals surface area contributed by atoms with Crippen LogP contribution in [0.25, 0.3) is 10.4 Å². The molecule has 1 aliphatic carbocycles. The van der Waals surface area contributed by atoms with Gasteiger partial charge >= 0.3 is 11.9 Å². The highest BCUT2D eigenvalue weighted by Crippen LogP contribution is 2.49. The van der Waals surface area contributed by atoms with E-state index in [0.717, 1.165) is 0 Å². The third-order valence-electron chi connectivity index (χ3n) is 2.35. The van der Waals surface area contributed by atoms with Crippen LogP contribution in [0.5, 0.6) is 0 Å². The van der Waals surface area contributed by atoms with Crippen LogP contribution in [-0.2, 0) is 19.1 Å². The molecule has 7 nitrogen and oxygen atoms in total. The van der Waals surface area contributed by atoms with E-state index in [0.29, 0.717) is 0 Å². The van der Waals surface area contributed by atoms with Crippen molar-refractivity contribution in [3.8, 4) is 0 Å². The summed E-state index contributed by atoms with van der Waals surface area (Å²) in [5, 5.41) is 3.38. The van der Waals surface area contributed by atoms with E-state index < -0.39 is 23.4 Å². The van der Waals surface area contributed by atoms with E-state index in [4.69, 9.17) is 15.0 Å². The summed E-state index contributed by atoms with van der Waals surface area (Å²) in [5.74, 6) is -1.89. The molecule has 1 rings (SSSR count). The number of esters is 2. The lowest BCUT2D eigenvalue weighted by molar-refractivity contribution is -0.151. The van der Waals surface area contributed by atoms with Crippen LogP contribution >= 0.6 is 0 Å². The smallest absolute Gasteiger partial charge is 0.318 e. The van der Waals surface area contributed by atoms with Gasteiger partial charge in [0, 0.05) is 4.91 Å². The van der Waals surface area contributed by atoms with Crippen LogP contribution in [0.3, 0.4) is 0 Å². The van der Waals surface area contributed by atoms with Crippen molar-refractivity contribution in [3.05, 3.63) is 10.4 Å². The molecule has 0 aromatic heterocycles. The van der Waals surface area contributed by atoms with Gasteiger partial charge in [-0.05, 0) is 25.8 Å². The van der Waals surface area contributed by atoms with E-state index >= 15 is 0 Å². The van der Waals surface area contributed by atoms with E-state index in [9.17, 15) is 9.59 Å². The van der Waals surface area contributed by atoms with Gasteiger partial charge in [0.1, 0.15) is 0 Å². The summed E-state index contributed by atoms with van der Waals surface area (Å²) >= 11 is 0. The summed E-state index contributed by atoms with van der Waals surface area (Å²) in [5.41, 5.74) is 7.01. The third-order valence-corrected chi connectivity index (χ3v) is 2.35. The largest absolute Gasteiger partial charge is 0.466 e. The topological polar surface area (TPSA) is 101 Å². The summed E-state index contributed by atoms with van der Waals surface area (Å²) in [6.45, 7) is 3.71. The third kappa shape index (κ3) is 2.09. The molecule has 1 saturated carbocycles. The molecule has 0 aromatic rings. The Hall–Kier alpha value is -1.75. The molecule has 0 radical (unpaired) electrons. The first-order valence-corrected chi connectivity index (χ1v) is 5.02. The van der Waals surface area contributed by atoms with Gasteiger partial charge in [0.15, 0.2) is 5.54 Å². The van der Waals surface area contributed by atoms with Gasteiger partial charge in [-0.2, -0.15) is 0 Å². The highest BCUT2D eigenvalue weighted by atomic mass is 16.5. The van der Waals surface area contributed by atoms with Gasteiger partial charge in [0.2, 0.25) is 0 Å². The fourth-order valence-electron chi connectivity index (χ4n) is 1.49. The number of azide groups is 1. The molecule has 0 heterocycles. The number of hydrogen-bond acceptors (Lipinski definition) is 5. The normalized spacial score (nSPS) is 26.5. The molecule has 1 fully saturated rings. The van der Waals surface area contributed by atoms with Crippen LogP contribution in [0.15, 0.2) is 5.11 Å². The molecule has 0 amide bonds. The van der Waals surface area contributed by atoms with E-state index in [1.165, 1.54) is 0 Å². The molecule has 88 valence electrons. The fraction of sp³-hybridized carbons (Fsp3) is 0.778. The highest BCUT2D eigenvalue weighted by molar-refractivity contribution is 5.95. The summed E-state index contributed by atoms with van der Waals surface area (Å²) < 4.78 is 9.53.